The maximum absolute atomic E-state index is 6.05. The van der Waals surface area contributed by atoms with E-state index >= 15 is 0 Å². The Labute approximate surface area is 176 Å². The minimum absolute atomic E-state index is 0.0674. The largest absolute Gasteiger partial charge is 0.373 e. The number of rotatable bonds is 6. The predicted molar refractivity (Wildman–Crippen MR) is 120 cm³/mol. The first-order chi connectivity index (χ1) is 14.3. The maximum Gasteiger partial charge on any atom is 0.106 e. The molecule has 2 heteroatoms. The van der Waals surface area contributed by atoms with E-state index in [0.717, 1.165) is 24.7 Å². The fraction of sp³-hybridized carbons (Fsp3) is 0.556. The number of hydrogen-bond donors (Lipinski definition) is 0. The number of benzene rings is 2. The molecule has 2 nitrogen and oxygen atoms in total. The normalized spacial score (nSPS) is 27.7. The fourth-order valence-corrected chi connectivity index (χ4v) is 4.97. The molecule has 156 valence electrons. The van der Waals surface area contributed by atoms with E-state index in [1.54, 1.807) is 0 Å². The van der Waals surface area contributed by atoms with Gasteiger partial charge in [0.05, 0.1) is 19.3 Å². The van der Waals surface area contributed by atoms with Crippen molar-refractivity contribution in [3.63, 3.8) is 0 Å². The van der Waals surface area contributed by atoms with Crippen LogP contribution in [-0.2, 0) is 9.47 Å². The lowest BCUT2D eigenvalue weighted by Gasteiger charge is -2.29. The van der Waals surface area contributed by atoms with E-state index in [2.05, 4.69) is 62.4 Å². The minimum Gasteiger partial charge on any atom is -0.373 e. The Morgan fingerprint density at radius 2 is 1.34 bits per heavy atom. The quantitative estimate of drug-likeness (QED) is 0.514. The predicted octanol–water partition coefficient (Wildman–Crippen LogP) is 7.29. The van der Waals surface area contributed by atoms with Crippen molar-refractivity contribution in [1.29, 1.82) is 0 Å². The summed E-state index contributed by atoms with van der Waals surface area (Å²) < 4.78 is 12.0. The van der Waals surface area contributed by atoms with E-state index in [1.807, 2.05) is 0 Å². The molecule has 2 aliphatic rings. The van der Waals surface area contributed by atoms with E-state index in [9.17, 15) is 0 Å². The molecular formula is C27H36O2. The zero-order valence-corrected chi connectivity index (χ0v) is 18.1. The Balaban J connectivity index is 1.36. The molecule has 4 rings (SSSR count). The van der Waals surface area contributed by atoms with Crippen molar-refractivity contribution in [3.05, 3.63) is 59.7 Å². The third-order valence-electron chi connectivity index (χ3n) is 7.00. The summed E-state index contributed by atoms with van der Waals surface area (Å²) >= 11 is 0. The van der Waals surface area contributed by atoms with E-state index < -0.39 is 0 Å². The monoisotopic (exact) mass is 392 g/mol. The molecular weight excluding hydrogens is 356 g/mol. The van der Waals surface area contributed by atoms with Crippen LogP contribution < -0.4 is 0 Å². The second kappa shape index (κ2) is 9.91. The first kappa shape index (κ1) is 20.6. The second-order valence-electron chi connectivity index (χ2n) is 8.94. The molecule has 2 fully saturated rings. The van der Waals surface area contributed by atoms with Gasteiger partial charge in [-0.3, -0.25) is 0 Å². The summed E-state index contributed by atoms with van der Waals surface area (Å²) in [7, 11) is 0. The smallest absolute Gasteiger partial charge is 0.106 e. The van der Waals surface area contributed by atoms with Crippen molar-refractivity contribution in [1.82, 2.24) is 0 Å². The van der Waals surface area contributed by atoms with Crippen molar-refractivity contribution >= 4 is 0 Å². The summed E-state index contributed by atoms with van der Waals surface area (Å²) in [5, 5.41) is 0. The molecule has 2 atom stereocenters. The standard InChI is InChI=1S/C27H36O2/c1-3-5-26-18-29-27(19-28-26)25-16-14-24(15-17-25)23-12-10-22(11-13-23)21-8-6-20(4-2)7-9-21/h10-17,20-21,26-27H,3-9,18-19H2,1-2H3. The Hall–Kier alpha value is -1.64. The summed E-state index contributed by atoms with van der Waals surface area (Å²) in [5.41, 5.74) is 5.31. The molecule has 0 spiro atoms. The molecule has 2 unspecified atom stereocenters. The third-order valence-corrected chi connectivity index (χ3v) is 7.00. The molecule has 0 radical (unpaired) electrons. The van der Waals surface area contributed by atoms with Gasteiger partial charge in [-0.1, -0.05) is 75.2 Å². The van der Waals surface area contributed by atoms with Gasteiger partial charge in [0.25, 0.3) is 0 Å². The van der Waals surface area contributed by atoms with Crippen molar-refractivity contribution in [2.75, 3.05) is 13.2 Å². The second-order valence-corrected chi connectivity index (χ2v) is 8.94. The highest BCUT2D eigenvalue weighted by atomic mass is 16.6. The van der Waals surface area contributed by atoms with Crippen molar-refractivity contribution in [2.24, 2.45) is 5.92 Å². The molecule has 0 bridgehead atoms. The number of hydrogen-bond acceptors (Lipinski definition) is 2. The molecule has 2 aromatic rings. The summed E-state index contributed by atoms with van der Waals surface area (Å²) in [5.74, 6) is 1.72. The van der Waals surface area contributed by atoms with Crippen LogP contribution in [0.3, 0.4) is 0 Å². The van der Waals surface area contributed by atoms with Gasteiger partial charge >= 0.3 is 0 Å². The van der Waals surface area contributed by atoms with Crippen LogP contribution in [0.5, 0.6) is 0 Å². The molecule has 29 heavy (non-hydrogen) atoms. The highest BCUT2D eigenvalue weighted by Gasteiger charge is 2.23. The average Bonchev–Trinajstić information content (AvgIpc) is 2.80. The topological polar surface area (TPSA) is 18.5 Å². The van der Waals surface area contributed by atoms with Gasteiger partial charge in [-0.05, 0) is 66.2 Å². The Kier molecular flexibility index (Phi) is 7.05. The van der Waals surface area contributed by atoms with E-state index in [1.165, 1.54) is 54.4 Å². The number of ether oxygens (including phenoxy) is 2. The molecule has 1 saturated carbocycles. The van der Waals surface area contributed by atoms with E-state index in [4.69, 9.17) is 9.47 Å². The van der Waals surface area contributed by atoms with E-state index in [-0.39, 0.29) is 12.2 Å². The van der Waals surface area contributed by atoms with Crippen LogP contribution in [0.15, 0.2) is 48.5 Å². The van der Waals surface area contributed by atoms with E-state index in [0.29, 0.717) is 13.2 Å². The highest BCUT2D eigenvalue weighted by molar-refractivity contribution is 5.64. The van der Waals surface area contributed by atoms with Crippen LogP contribution in [-0.4, -0.2) is 19.3 Å². The first-order valence-electron chi connectivity index (χ1n) is 11.7. The van der Waals surface area contributed by atoms with Crippen LogP contribution in [0.4, 0.5) is 0 Å². The Bertz CT molecular complexity index is 733. The van der Waals surface area contributed by atoms with Gasteiger partial charge < -0.3 is 9.47 Å². The van der Waals surface area contributed by atoms with Gasteiger partial charge in [0.2, 0.25) is 0 Å². The van der Waals surface area contributed by atoms with Crippen LogP contribution in [0, 0.1) is 5.92 Å². The molecule has 0 N–H and O–H groups in total. The molecule has 1 heterocycles. The van der Waals surface area contributed by atoms with Crippen LogP contribution in [0.25, 0.3) is 11.1 Å². The molecule has 0 amide bonds. The summed E-state index contributed by atoms with van der Waals surface area (Å²) in [6.45, 7) is 5.90. The van der Waals surface area contributed by atoms with Crippen LogP contribution in [0.1, 0.15) is 81.9 Å². The maximum atomic E-state index is 6.05. The summed E-state index contributed by atoms with van der Waals surface area (Å²) in [4.78, 5) is 0. The van der Waals surface area contributed by atoms with Gasteiger partial charge in [0, 0.05) is 0 Å². The third kappa shape index (κ3) is 5.10. The average molecular weight is 393 g/mol. The van der Waals surface area contributed by atoms with Crippen LogP contribution in [0.2, 0.25) is 0 Å². The fourth-order valence-electron chi connectivity index (χ4n) is 4.97. The lowest BCUT2D eigenvalue weighted by Crippen LogP contribution is -2.30. The lowest BCUT2D eigenvalue weighted by molar-refractivity contribution is -0.137. The van der Waals surface area contributed by atoms with Crippen LogP contribution >= 0.6 is 0 Å². The first-order valence-corrected chi connectivity index (χ1v) is 11.7. The van der Waals surface area contributed by atoms with Crippen molar-refractivity contribution in [3.8, 4) is 11.1 Å². The minimum atomic E-state index is 0.0674. The molecule has 1 aliphatic carbocycles. The van der Waals surface area contributed by atoms with Crippen molar-refractivity contribution < 1.29 is 9.47 Å². The summed E-state index contributed by atoms with van der Waals surface area (Å²) in [6, 6.07) is 18.1. The van der Waals surface area contributed by atoms with Gasteiger partial charge in [-0.2, -0.15) is 0 Å². The van der Waals surface area contributed by atoms with Gasteiger partial charge in [0.15, 0.2) is 0 Å². The molecule has 2 aromatic carbocycles. The Morgan fingerprint density at radius 3 is 1.86 bits per heavy atom. The SMILES string of the molecule is CCCC1COC(c2ccc(-c3ccc(C4CCC(CC)CC4)cc3)cc2)CO1. The van der Waals surface area contributed by atoms with Gasteiger partial charge in [-0.15, -0.1) is 0 Å². The summed E-state index contributed by atoms with van der Waals surface area (Å²) in [6.07, 6.45) is 9.42. The Morgan fingerprint density at radius 1 is 0.724 bits per heavy atom. The molecule has 0 aromatic heterocycles. The van der Waals surface area contributed by atoms with Gasteiger partial charge in [-0.25, -0.2) is 0 Å². The highest BCUT2D eigenvalue weighted by Crippen LogP contribution is 2.37. The lowest BCUT2D eigenvalue weighted by atomic mass is 9.77. The van der Waals surface area contributed by atoms with Gasteiger partial charge in [0.1, 0.15) is 6.10 Å². The molecule has 1 aliphatic heterocycles. The zero-order chi connectivity index (χ0) is 20.1. The molecule has 1 saturated heterocycles. The zero-order valence-electron chi connectivity index (χ0n) is 18.1. The van der Waals surface area contributed by atoms with Crippen molar-refractivity contribution in [2.45, 2.75) is 76.9 Å².